The third-order valence-electron chi connectivity index (χ3n) is 7.58. The van der Waals surface area contributed by atoms with Crippen LogP contribution in [0, 0.1) is 0 Å². The molecule has 0 aromatic carbocycles. The molecule has 0 radical (unpaired) electrons. The van der Waals surface area contributed by atoms with Crippen molar-refractivity contribution in [3.8, 4) is 0 Å². The predicted octanol–water partition coefficient (Wildman–Crippen LogP) is 10.9. The van der Waals surface area contributed by atoms with Crippen molar-refractivity contribution < 1.29 is 9.59 Å². The summed E-state index contributed by atoms with van der Waals surface area (Å²) < 4.78 is 0. The summed E-state index contributed by atoms with van der Waals surface area (Å²) in [6.45, 7) is 6.60. The molecule has 0 saturated carbocycles. The van der Waals surface area contributed by atoms with Gasteiger partial charge in [-0.15, -0.1) is 0 Å². The second-order valence-electron chi connectivity index (χ2n) is 11.7. The van der Waals surface area contributed by atoms with E-state index in [1.807, 2.05) is 0 Å². The molecule has 2 amide bonds. The van der Waals surface area contributed by atoms with Crippen LogP contribution in [0.1, 0.15) is 188 Å². The molecule has 0 heterocycles. The number of rotatable bonds is 30. The maximum Gasteiger partial charge on any atom is 0.221 e. The Morgan fingerprint density at radius 3 is 1.12 bits per heavy atom. The Morgan fingerprint density at radius 1 is 0.450 bits per heavy atom. The SMILES string of the molecule is CCCCCCC=CCCCCCCCC(=O)NC(CCC)NC(=O)CCCCCCCC=CCCCCCC. The minimum Gasteiger partial charge on any atom is -0.336 e. The molecule has 0 aromatic rings. The Morgan fingerprint density at radius 2 is 0.775 bits per heavy atom. The molecule has 0 saturated heterocycles. The first-order chi connectivity index (χ1) is 19.6. The zero-order valence-corrected chi connectivity index (χ0v) is 27.1. The number of carbonyl (C=O) groups is 2. The van der Waals surface area contributed by atoms with Gasteiger partial charge in [0, 0.05) is 12.8 Å². The van der Waals surface area contributed by atoms with E-state index in [1.54, 1.807) is 0 Å². The molecule has 234 valence electrons. The van der Waals surface area contributed by atoms with E-state index >= 15 is 0 Å². The zero-order valence-electron chi connectivity index (χ0n) is 27.1. The van der Waals surface area contributed by atoms with Gasteiger partial charge in [-0.25, -0.2) is 0 Å². The van der Waals surface area contributed by atoms with Crippen LogP contribution in [0.2, 0.25) is 0 Å². The van der Waals surface area contributed by atoms with Crippen molar-refractivity contribution in [1.29, 1.82) is 0 Å². The molecule has 0 aliphatic carbocycles. The van der Waals surface area contributed by atoms with Gasteiger partial charge in [-0.2, -0.15) is 0 Å². The molecule has 0 atom stereocenters. The van der Waals surface area contributed by atoms with Crippen LogP contribution in [0.25, 0.3) is 0 Å². The molecule has 0 fully saturated rings. The highest BCUT2D eigenvalue weighted by Gasteiger charge is 2.14. The van der Waals surface area contributed by atoms with Crippen LogP contribution >= 0.6 is 0 Å². The monoisotopic (exact) mass is 561 g/mol. The van der Waals surface area contributed by atoms with Crippen molar-refractivity contribution in [3.63, 3.8) is 0 Å². The summed E-state index contributed by atoms with van der Waals surface area (Å²) in [6, 6.07) is 0. The van der Waals surface area contributed by atoms with Gasteiger partial charge in [-0.1, -0.05) is 129 Å². The Balaban J connectivity index is 3.74. The Hall–Kier alpha value is -1.58. The Kier molecular flexibility index (Phi) is 30.7. The van der Waals surface area contributed by atoms with Crippen molar-refractivity contribution in [2.75, 3.05) is 0 Å². The largest absolute Gasteiger partial charge is 0.336 e. The molecule has 0 aliphatic heterocycles. The summed E-state index contributed by atoms with van der Waals surface area (Å²) in [4.78, 5) is 24.8. The van der Waals surface area contributed by atoms with Gasteiger partial charge in [0.2, 0.25) is 11.8 Å². The van der Waals surface area contributed by atoms with E-state index in [0.29, 0.717) is 12.8 Å². The van der Waals surface area contributed by atoms with Crippen molar-refractivity contribution >= 4 is 11.8 Å². The lowest BCUT2D eigenvalue weighted by Crippen LogP contribution is -2.47. The average Bonchev–Trinajstić information content (AvgIpc) is 2.94. The van der Waals surface area contributed by atoms with Crippen LogP contribution in [0.5, 0.6) is 0 Å². The maximum absolute atomic E-state index is 12.4. The maximum atomic E-state index is 12.4. The molecule has 0 spiro atoms. The summed E-state index contributed by atoms with van der Waals surface area (Å²) in [7, 11) is 0. The number of nitrogens with one attached hydrogen (secondary N) is 2. The zero-order chi connectivity index (χ0) is 29.4. The quantitative estimate of drug-likeness (QED) is 0.0521. The topological polar surface area (TPSA) is 58.2 Å². The molecule has 0 rings (SSSR count). The third kappa shape index (κ3) is 29.4. The smallest absolute Gasteiger partial charge is 0.221 e. The lowest BCUT2D eigenvalue weighted by atomic mass is 10.1. The lowest BCUT2D eigenvalue weighted by molar-refractivity contribution is -0.124. The molecule has 4 heteroatoms. The average molecular weight is 561 g/mol. The number of carbonyl (C=O) groups excluding carboxylic acids is 2. The lowest BCUT2D eigenvalue weighted by Gasteiger charge is -2.20. The number of hydrogen-bond donors (Lipinski definition) is 2. The first kappa shape index (κ1) is 38.4. The number of amides is 2. The van der Waals surface area contributed by atoms with Crippen LogP contribution in [0.4, 0.5) is 0 Å². The molecule has 0 aliphatic rings. The van der Waals surface area contributed by atoms with Gasteiger partial charge in [0.25, 0.3) is 0 Å². The number of hydrogen-bond acceptors (Lipinski definition) is 2. The van der Waals surface area contributed by atoms with Gasteiger partial charge >= 0.3 is 0 Å². The van der Waals surface area contributed by atoms with Crippen molar-refractivity contribution in [2.24, 2.45) is 0 Å². The summed E-state index contributed by atoms with van der Waals surface area (Å²) >= 11 is 0. The van der Waals surface area contributed by atoms with Crippen molar-refractivity contribution in [1.82, 2.24) is 10.6 Å². The van der Waals surface area contributed by atoms with E-state index in [4.69, 9.17) is 0 Å². The molecule has 40 heavy (non-hydrogen) atoms. The molecular formula is C36H68N2O2. The van der Waals surface area contributed by atoms with E-state index in [1.165, 1.54) is 116 Å². The van der Waals surface area contributed by atoms with Crippen LogP contribution < -0.4 is 10.6 Å². The van der Waals surface area contributed by atoms with Crippen molar-refractivity contribution in [3.05, 3.63) is 24.3 Å². The first-order valence-corrected chi connectivity index (χ1v) is 17.5. The fraction of sp³-hybridized carbons (Fsp3) is 0.833. The van der Waals surface area contributed by atoms with E-state index in [0.717, 1.165) is 38.5 Å². The second kappa shape index (κ2) is 31.9. The summed E-state index contributed by atoms with van der Waals surface area (Å²) in [5.41, 5.74) is 0. The fourth-order valence-electron chi connectivity index (χ4n) is 5.01. The standard InChI is InChI=1S/C36H68N2O2/c1-4-7-9-11-13-15-17-19-21-23-25-27-29-32-35(39)37-34(31-6-3)38-36(40)33-30-28-26-24-22-20-18-16-14-12-10-8-5-2/h15-18,34H,4-14,19-33H2,1-3H3,(H,37,39)(H,38,40). The van der Waals surface area contributed by atoms with Crippen LogP contribution in [0.15, 0.2) is 24.3 Å². The van der Waals surface area contributed by atoms with Crippen LogP contribution in [-0.2, 0) is 9.59 Å². The predicted molar refractivity (Wildman–Crippen MR) is 175 cm³/mol. The van der Waals surface area contributed by atoms with Gasteiger partial charge in [-0.05, 0) is 70.6 Å². The molecular weight excluding hydrogens is 492 g/mol. The van der Waals surface area contributed by atoms with Gasteiger partial charge in [0.1, 0.15) is 6.17 Å². The minimum absolute atomic E-state index is 0.0692. The van der Waals surface area contributed by atoms with Gasteiger partial charge < -0.3 is 10.6 Å². The third-order valence-corrected chi connectivity index (χ3v) is 7.58. The van der Waals surface area contributed by atoms with E-state index in [9.17, 15) is 9.59 Å². The highest BCUT2D eigenvalue weighted by atomic mass is 16.2. The van der Waals surface area contributed by atoms with E-state index in [2.05, 4.69) is 55.7 Å². The minimum atomic E-state index is -0.229. The molecule has 0 unspecified atom stereocenters. The summed E-state index contributed by atoms with van der Waals surface area (Å²) in [5, 5.41) is 6.11. The van der Waals surface area contributed by atoms with Crippen LogP contribution in [0.3, 0.4) is 0 Å². The van der Waals surface area contributed by atoms with Gasteiger partial charge in [-0.3, -0.25) is 9.59 Å². The number of unbranched alkanes of at least 4 members (excludes halogenated alkanes) is 18. The van der Waals surface area contributed by atoms with Gasteiger partial charge in [0.15, 0.2) is 0 Å². The Bertz CT molecular complexity index is 564. The molecule has 0 bridgehead atoms. The molecule has 2 N–H and O–H groups in total. The van der Waals surface area contributed by atoms with Gasteiger partial charge in [0.05, 0.1) is 0 Å². The fourth-order valence-corrected chi connectivity index (χ4v) is 5.01. The van der Waals surface area contributed by atoms with Crippen LogP contribution in [-0.4, -0.2) is 18.0 Å². The highest BCUT2D eigenvalue weighted by Crippen LogP contribution is 2.11. The summed E-state index contributed by atoms with van der Waals surface area (Å²) in [5.74, 6) is 0.138. The second-order valence-corrected chi connectivity index (χ2v) is 11.7. The highest BCUT2D eigenvalue weighted by molar-refractivity contribution is 5.79. The molecule has 4 nitrogen and oxygen atoms in total. The number of allylic oxidation sites excluding steroid dienone is 4. The van der Waals surface area contributed by atoms with E-state index < -0.39 is 0 Å². The van der Waals surface area contributed by atoms with E-state index in [-0.39, 0.29) is 18.0 Å². The normalized spacial score (nSPS) is 12.4. The Labute approximate surface area is 250 Å². The first-order valence-electron chi connectivity index (χ1n) is 17.5. The van der Waals surface area contributed by atoms with Crippen molar-refractivity contribution in [2.45, 2.75) is 194 Å². The summed E-state index contributed by atoms with van der Waals surface area (Å²) in [6.07, 6.45) is 39.0. The molecule has 0 aromatic heterocycles.